The van der Waals surface area contributed by atoms with Crippen LogP contribution in [0.25, 0.3) is 0 Å². The Morgan fingerprint density at radius 3 is 2.94 bits per heavy atom. The molecule has 1 heterocycles. The summed E-state index contributed by atoms with van der Waals surface area (Å²) in [6.07, 6.45) is 2.32. The van der Waals surface area contributed by atoms with Crippen LogP contribution in [0.3, 0.4) is 0 Å². The summed E-state index contributed by atoms with van der Waals surface area (Å²) in [5, 5.41) is 7.20. The fraction of sp³-hybridized carbons (Fsp3) is 0.583. The van der Waals surface area contributed by atoms with E-state index in [1.807, 2.05) is 18.9 Å². The van der Waals surface area contributed by atoms with Gasteiger partial charge in [0.15, 0.2) is 0 Å². The first-order valence-electron chi connectivity index (χ1n) is 5.71. The van der Waals surface area contributed by atoms with Crippen molar-refractivity contribution in [3.05, 3.63) is 22.4 Å². The molecule has 0 radical (unpaired) electrons. The van der Waals surface area contributed by atoms with Crippen LogP contribution in [0.1, 0.15) is 25.3 Å². The fourth-order valence-corrected chi connectivity index (χ4v) is 2.38. The van der Waals surface area contributed by atoms with E-state index in [2.05, 4.69) is 22.1 Å². The first kappa shape index (κ1) is 11.6. The summed E-state index contributed by atoms with van der Waals surface area (Å²) in [4.78, 5) is 14.2. The minimum absolute atomic E-state index is 0.0840. The lowest BCUT2D eigenvalue weighted by atomic mass is 10.2. The number of carbonyl (C=O) groups excluding carboxylic acids is 1. The third-order valence-electron chi connectivity index (χ3n) is 3.01. The van der Waals surface area contributed by atoms with Gasteiger partial charge < -0.3 is 10.2 Å². The highest BCUT2D eigenvalue weighted by molar-refractivity contribution is 7.07. The van der Waals surface area contributed by atoms with Crippen LogP contribution in [0, 0.1) is 0 Å². The average Bonchev–Trinajstić information content (AvgIpc) is 3.01. The first-order valence-corrected chi connectivity index (χ1v) is 6.65. The van der Waals surface area contributed by atoms with Crippen LogP contribution in [-0.4, -0.2) is 29.9 Å². The number of hydrogen-bond donors (Lipinski definition) is 1. The molecule has 16 heavy (non-hydrogen) atoms. The lowest BCUT2D eigenvalue weighted by Crippen LogP contribution is -2.44. The minimum atomic E-state index is -0.0840. The van der Waals surface area contributed by atoms with E-state index >= 15 is 0 Å². The number of nitrogens with zero attached hydrogens (tertiary/aromatic N) is 1. The van der Waals surface area contributed by atoms with Gasteiger partial charge >= 0.3 is 0 Å². The molecule has 1 unspecified atom stereocenters. The lowest BCUT2D eigenvalue weighted by molar-refractivity contribution is -0.134. The van der Waals surface area contributed by atoms with Crippen LogP contribution >= 0.6 is 11.3 Å². The molecule has 1 atom stereocenters. The summed E-state index contributed by atoms with van der Waals surface area (Å²) in [5.74, 6) is 0.219. The molecule has 1 aromatic heterocycles. The molecule has 0 bridgehead atoms. The van der Waals surface area contributed by atoms with E-state index < -0.39 is 0 Å². The van der Waals surface area contributed by atoms with E-state index in [-0.39, 0.29) is 11.9 Å². The van der Waals surface area contributed by atoms with Gasteiger partial charge in [-0.15, -0.1) is 0 Å². The van der Waals surface area contributed by atoms with Crippen molar-refractivity contribution in [2.45, 2.75) is 38.4 Å². The second kappa shape index (κ2) is 4.97. The molecular formula is C12H18N2OS. The summed E-state index contributed by atoms with van der Waals surface area (Å²) < 4.78 is 0. The molecule has 0 aliphatic heterocycles. The van der Waals surface area contributed by atoms with Crippen molar-refractivity contribution in [2.75, 3.05) is 7.05 Å². The predicted molar refractivity (Wildman–Crippen MR) is 66.4 cm³/mol. The molecule has 1 saturated carbocycles. The Labute approximate surface area is 100 Å². The third-order valence-corrected chi connectivity index (χ3v) is 3.74. The zero-order chi connectivity index (χ0) is 11.5. The number of rotatable bonds is 5. The van der Waals surface area contributed by atoms with E-state index in [9.17, 15) is 4.79 Å². The summed E-state index contributed by atoms with van der Waals surface area (Å²) >= 11 is 1.69. The molecule has 1 fully saturated rings. The Morgan fingerprint density at radius 2 is 2.44 bits per heavy atom. The summed E-state index contributed by atoms with van der Waals surface area (Å²) in [6, 6.07) is 2.49. The Bertz CT molecular complexity index is 346. The molecule has 0 spiro atoms. The Hall–Kier alpha value is -0.870. The van der Waals surface area contributed by atoms with Crippen LogP contribution in [-0.2, 0) is 11.3 Å². The smallest absolute Gasteiger partial charge is 0.239 e. The van der Waals surface area contributed by atoms with Crippen molar-refractivity contribution in [3.8, 4) is 0 Å². The second-order valence-corrected chi connectivity index (χ2v) is 5.12. The van der Waals surface area contributed by atoms with Gasteiger partial charge in [0, 0.05) is 12.6 Å². The fourth-order valence-electron chi connectivity index (χ4n) is 1.72. The number of likely N-dealkylation sites (N-methyl/N-ethyl adjacent to an activating group) is 1. The predicted octanol–water partition coefficient (Wildman–Crippen LogP) is 1.85. The molecule has 3 nitrogen and oxygen atoms in total. The van der Waals surface area contributed by atoms with Crippen LogP contribution in [0.4, 0.5) is 0 Å². The number of amides is 1. The van der Waals surface area contributed by atoms with E-state index in [0.29, 0.717) is 6.04 Å². The number of thiophene rings is 1. The van der Waals surface area contributed by atoms with Gasteiger partial charge in [0.05, 0.1) is 6.04 Å². The minimum Gasteiger partial charge on any atom is -0.334 e. The average molecular weight is 238 g/mol. The Balaban J connectivity index is 2.02. The van der Waals surface area contributed by atoms with Crippen molar-refractivity contribution in [1.29, 1.82) is 0 Å². The number of hydrogen-bond acceptors (Lipinski definition) is 3. The topological polar surface area (TPSA) is 32.3 Å². The van der Waals surface area contributed by atoms with Gasteiger partial charge in [0.25, 0.3) is 0 Å². The molecule has 1 aliphatic carbocycles. The summed E-state index contributed by atoms with van der Waals surface area (Å²) in [5.41, 5.74) is 1.24. The van der Waals surface area contributed by atoms with Gasteiger partial charge in [0.2, 0.25) is 5.91 Å². The molecule has 1 N–H and O–H groups in total. The normalized spacial score (nSPS) is 17.1. The number of nitrogens with one attached hydrogen (secondary N) is 1. The van der Waals surface area contributed by atoms with Crippen molar-refractivity contribution in [1.82, 2.24) is 10.2 Å². The van der Waals surface area contributed by atoms with E-state index in [1.165, 1.54) is 5.56 Å². The molecular weight excluding hydrogens is 220 g/mol. The monoisotopic (exact) mass is 238 g/mol. The van der Waals surface area contributed by atoms with Crippen LogP contribution < -0.4 is 5.32 Å². The number of carbonyl (C=O) groups is 1. The molecule has 0 saturated heterocycles. The van der Waals surface area contributed by atoms with Crippen molar-refractivity contribution >= 4 is 17.2 Å². The van der Waals surface area contributed by atoms with Gasteiger partial charge in [-0.2, -0.15) is 11.3 Å². The van der Waals surface area contributed by atoms with Gasteiger partial charge in [-0.05, 0) is 49.2 Å². The van der Waals surface area contributed by atoms with Gasteiger partial charge in [-0.1, -0.05) is 0 Å². The lowest BCUT2D eigenvalue weighted by Gasteiger charge is -2.25. The Kier molecular flexibility index (Phi) is 3.61. The van der Waals surface area contributed by atoms with Crippen molar-refractivity contribution < 1.29 is 4.79 Å². The highest BCUT2D eigenvalue weighted by atomic mass is 32.1. The van der Waals surface area contributed by atoms with E-state index in [1.54, 1.807) is 11.3 Å². The van der Waals surface area contributed by atoms with Crippen molar-refractivity contribution in [2.24, 2.45) is 0 Å². The van der Waals surface area contributed by atoms with E-state index in [4.69, 9.17) is 0 Å². The zero-order valence-corrected chi connectivity index (χ0v) is 10.6. The molecule has 88 valence electrons. The highest BCUT2D eigenvalue weighted by Crippen LogP contribution is 2.29. The van der Waals surface area contributed by atoms with E-state index in [0.717, 1.165) is 19.4 Å². The largest absolute Gasteiger partial charge is 0.334 e. The van der Waals surface area contributed by atoms with Crippen molar-refractivity contribution in [3.63, 3.8) is 0 Å². The second-order valence-electron chi connectivity index (χ2n) is 4.34. The van der Waals surface area contributed by atoms with Crippen LogP contribution in [0.2, 0.25) is 0 Å². The SMILES string of the molecule is CNC(C)C(=O)N(Cc1ccsc1)C1CC1. The molecule has 1 aromatic rings. The zero-order valence-electron chi connectivity index (χ0n) is 9.77. The van der Waals surface area contributed by atoms with Crippen LogP contribution in [0.15, 0.2) is 16.8 Å². The molecule has 2 rings (SSSR count). The van der Waals surface area contributed by atoms with Gasteiger partial charge in [-0.25, -0.2) is 0 Å². The highest BCUT2D eigenvalue weighted by Gasteiger charge is 2.34. The molecule has 1 amide bonds. The van der Waals surface area contributed by atoms with Gasteiger partial charge in [0.1, 0.15) is 0 Å². The summed E-state index contributed by atoms with van der Waals surface area (Å²) in [7, 11) is 1.83. The molecule has 4 heteroatoms. The quantitative estimate of drug-likeness (QED) is 0.849. The maximum absolute atomic E-state index is 12.1. The summed E-state index contributed by atoms with van der Waals surface area (Å²) in [6.45, 7) is 2.68. The Morgan fingerprint density at radius 1 is 1.69 bits per heavy atom. The van der Waals surface area contributed by atoms with Gasteiger partial charge in [-0.3, -0.25) is 4.79 Å². The third kappa shape index (κ3) is 2.62. The van der Waals surface area contributed by atoms with Crippen LogP contribution in [0.5, 0.6) is 0 Å². The maximum atomic E-state index is 12.1. The molecule has 1 aliphatic rings. The molecule has 0 aromatic carbocycles. The first-order chi connectivity index (χ1) is 7.72. The standard InChI is InChI=1S/C12H18N2OS/c1-9(13-2)12(15)14(11-3-4-11)7-10-5-6-16-8-10/h5-6,8-9,11,13H,3-4,7H2,1-2H3. The maximum Gasteiger partial charge on any atom is 0.239 e.